The molecular weight excluding hydrogens is 252 g/mol. The minimum absolute atomic E-state index is 0.548. The van der Waals surface area contributed by atoms with E-state index in [2.05, 4.69) is 24.7 Å². The highest BCUT2D eigenvalue weighted by atomic mass is 15.3. The number of nitrogen functional groups attached to an aromatic ring is 1. The largest absolute Gasteiger partial charge is 0.384 e. The van der Waals surface area contributed by atoms with Gasteiger partial charge in [0.2, 0.25) is 0 Å². The Morgan fingerprint density at radius 2 is 1.55 bits per heavy atom. The predicted molar refractivity (Wildman–Crippen MR) is 80.8 cm³/mol. The van der Waals surface area contributed by atoms with E-state index in [1.165, 1.54) is 39.0 Å². The van der Waals surface area contributed by atoms with Gasteiger partial charge in [0.25, 0.3) is 0 Å². The van der Waals surface area contributed by atoms with Crippen LogP contribution >= 0.6 is 0 Å². The summed E-state index contributed by atoms with van der Waals surface area (Å²) >= 11 is 0. The van der Waals surface area contributed by atoms with E-state index in [-0.39, 0.29) is 0 Å². The molecule has 2 N–H and O–H groups in total. The van der Waals surface area contributed by atoms with Gasteiger partial charge in [-0.15, -0.1) is 0 Å². The third-order valence-corrected chi connectivity index (χ3v) is 4.30. The summed E-state index contributed by atoms with van der Waals surface area (Å²) in [5.41, 5.74) is 5.72. The summed E-state index contributed by atoms with van der Waals surface area (Å²) in [5.74, 6) is 1.50. The van der Waals surface area contributed by atoms with E-state index in [0.717, 1.165) is 32.0 Å². The van der Waals surface area contributed by atoms with Crippen LogP contribution in [0.25, 0.3) is 0 Å². The van der Waals surface area contributed by atoms with E-state index < -0.39 is 0 Å². The molecule has 0 spiro atoms. The van der Waals surface area contributed by atoms with Gasteiger partial charge in [-0.05, 0) is 25.9 Å². The molecule has 0 saturated carbocycles. The summed E-state index contributed by atoms with van der Waals surface area (Å²) in [6.07, 6.45) is 4.30. The molecule has 110 valence electrons. The van der Waals surface area contributed by atoms with E-state index >= 15 is 0 Å². The SMILES string of the molecule is Nc1cc(N2CCN(CCN3CCCC3)CC2)ncn1. The van der Waals surface area contributed by atoms with E-state index in [0.29, 0.717) is 5.82 Å². The molecule has 20 heavy (non-hydrogen) atoms. The summed E-state index contributed by atoms with van der Waals surface area (Å²) in [4.78, 5) is 15.7. The summed E-state index contributed by atoms with van der Waals surface area (Å²) in [7, 11) is 0. The second-order valence-electron chi connectivity index (χ2n) is 5.68. The first-order chi connectivity index (χ1) is 9.81. The third-order valence-electron chi connectivity index (χ3n) is 4.30. The Kier molecular flexibility index (Phi) is 4.32. The van der Waals surface area contributed by atoms with Crippen molar-refractivity contribution in [2.24, 2.45) is 0 Å². The van der Waals surface area contributed by atoms with Crippen LogP contribution in [0.2, 0.25) is 0 Å². The van der Waals surface area contributed by atoms with Crippen LogP contribution in [0.4, 0.5) is 11.6 Å². The van der Waals surface area contributed by atoms with Gasteiger partial charge in [-0.3, -0.25) is 4.90 Å². The van der Waals surface area contributed by atoms with Crippen LogP contribution in [0.15, 0.2) is 12.4 Å². The quantitative estimate of drug-likeness (QED) is 0.852. The first-order valence-electron chi connectivity index (χ1n) is 7.58. The summed E-state index contributed by atoms with van der Waals surface area (Å²) < 4.78 is 0. The molecule has 0 atom stereocenters. The number of nitrogens with two attached hydrogens (primary N) is 1. The molecule has 6 nitrogen and oxygen atoms in total. The number of anilines is 2. The Hall–Kier alpha value is -1.40. The molecule has 3 heterocycles. The zero-order chi connectivity index (χ0) is 13.8. The lowest BCUT2D eigenvalue weighted by molar-refractivity contribution is 0.215. The number of aromatic nitrogens is 2. The van der Waals surface area contributed by atoms with Gasteiger partial charge in [0.1, 0.15) is 18.0 Å². The Bertz CT molecular complexity index is 423. The molecule has 2 aliphatic rings. The lowest BCUT2D eigenvalue weighted by Gasteiger charge is -2.36. The van der Waals surface area contributed by atoms with Gasteiger partial charge in [-0.25, -0.2) is 9.97 Å². The zero-order valence-electron chi connectivity index (χ0n) is 12.0. The molecule has 1 aromatic heterocycles. The Morgan fingerprint density at radius 1 is 0.900 bits per heavy atom. The van der Waals surface area contributed by atoms with Crippen molar-refractivity contribution < 1.29 is 0 Å². The maximum absolute atomic E-state index is 5.72. The van der Waals surface area contributed by atoms with Crippen molar-refractivity contribution in [3.63, 3.8) is 0 Å². The van der Waals surface area contributed by atoms with Crippen molar-refractivity contribution >= 4 is 11.6 Å². The topological polar surface area (TPSA) is 61.5 Å². The fraction of sp³-hybridized carbons (Fsp3) is 0.714. The molecule has 3 rings (SSSR count). The summed E-state index contributed by atoms with van der Waals surface area (Å²) in [6.45, 7) is 9.27. The molecule has 2 aliphatic heterocycles. The van der Waals surface area contributed by atoms with Gasteiger partial charge in [-0.2, -0.15) is 0 Å². The van der Waals surface area contributed by atoms with Crippen molar-refractivity contribution in [2.45, 2.75) is 12.8 Å². The predicted octanol–water partition coefficient (Wildman–Crippen LogP) is 0.277. The van der Waals surface area contributed by atoms with Gasteiger partial charge < -0.3 is 15.5 Å². The van der Waals surface area contributed by atoms with Crippen molar-refractivity contribution in [3.8, 4) is 0 Å². The maximum atomic E-state index is 5.72. The van der Waals surface area contributed by atoms with E-state index in [9.17, 15) is 0 Å². The smallest absolute Gasteiger partial charge is 0.134 e. The molecule has 0 bridgehead atoms. The van der Waals surface area contributed by atoms with Gasteiger partial charge in [0.15, 0.2) is 0 Å². The van der Waals surface area contributed by atoms with Gasteiger partial charge >= 0.3 is 0 Å². The normalized spacial score (nSPS) is 21.5. The number of rotatable bonds is 4. The maximum Gasteiger partial charge on any atom is 0.134 e. The molecule has 2 fully saturated rings. The highest BCUT2D eigenvalue weighted by molar-refractivity contribution is 5.46. The lowest BCUT2D eigenvalue weighted by Crippen LogP contribution is -2.48. The van der Waals surface area contributed by atoms with Gasteiger partial charge in [0, 0.05) is 45.3 Å². The fourth-order valence-electron chi connectivity index (χ4n) is 3.02. The number of likely N-dealkylation sites (tertiary alicyclic amines) is 1. The lowest BCUT2D eigenvalue weighted by atomic mass is 10.3. The first-order valence-corrected chi connectivity index (χ1v) is 7.58. The second kappa shape index (κ2) is 6.37. The highest BCUT2D eigenvalue weighted by Gasteiger charge is 2.19. The zero-order valence-corrected chi connectivity index (χ0v) is 12.0. The molecule has 0 aromatic carbocycles. The number of hydrogen-bond acceptors (Lipinski definition) is 6. The van der Waals surface area contributed by atoms with Crippen molar-refractivity contribution in [1.29, 1.82) is 0 Å². The molecular formula is C14H24N6. The molecule has 0 unspecified atom stereocenters. The molecule has 2 saturated heterocycles. The van der Waals surface area contributed by atoms with Crippen molar-refractivity contribution in [2.75, 3.05) is 63.0 Å². The Morgan fingerprint density at radius 3 is 2.20 bits per heavy atom. The van der Waals surface area contributed by atoms with Gasteiger partial charge in [0.05, 0.1) is 0 Å². The van der Waals surface area contributed by atoms with Crippen LogP contribution in [0.1, 0.15) is 12.8 Å². The summed E-state index contributed by atoms with van der Waals surface area (Å²) in [6, 6.07) is 1.86. The molecule has 6 heteroatoms. The minimum Gasteiger partial charge on any atom is -0.384 e. The third kappa shape index (κ3) is 3.37. The van der Waals surface area contributed by atoms with Crippen LogP contribution in [0, 0.1) is 0 Å². The molecule has 1 aromatic rings. The van der Waals surface area contributed by atoms with E-state index in [1.54, 1.807) is 6.33 Å². The molecule has 0 radical (unpaired) electrons. The van der Waals surface area contributed by atoms with E-state index in [4.69, 9.17) is 5.73 Å². The van der Waals surface area contributed by atoms with Crippen molar-refractivity contribution in [3.05, 3.63) is 12.4 Å². The Balaban J connectivity index is 1.44. The number of hydrogen-bond donors (Lipinski definition) is 1. The fourth-order valence-corrected chi connectivity index (χ4v) is 3.02. The van der Waals surface area contributed by atoms with Crippen LogP contribution < -0.4 is 10.6 Å². The molecule has 0 amide bonds. The van der Waals surface area contributed by atoms with Crippen LogP contribution in [0.5, 0.6) is 0 Å². The number of nitrogens with zero attached hydrogens (tertiary/aromatic N) is 5. The average Bonchev–Trinajstić information content (AvgIpc) is 2.99. The van der Waals surface area contributed by atoms with Gasteiger partial charge in [-0.1, -0.05) is 0 Å². The van der Waals surface area contributed by atoms with Crippen LogP contribution in [-0.4, -0.2) is 72.1 Å². The van der Waals surface area contributed by atoms with Crippen LogP contribution in [-0.2, 0) is 0 Å². The number of piperazine rings is 1. The van der Waals surface area contributed by atoms with Crippen molar-refractivity contribution in [1.82, 2.24) is 19.8 Å². The minimum atomic E-state index is 0.548. The first kappa shape index (κ1) is 13.6. The van der Waals surface area contributed by atoms with E-state index in [1.807, 2.05) is 6.07 Å². The second-order valence-corrected chi connectivity index (χ2v) is 5.68. The standard InChI is InChI=1S/C14H24N6/c15-13-11-14(17-12-16-13)20-9-7-19(8-10-20)6-5-18-3-1-2-4-18/h11-12H,1-10H2,(H2,15,16,17). The Labute approximate surface area is 120 Å². The monoisotopic (exact) mass is 276 g/mol. The molecule has 0 aliphatic carbocycles. The summed E-state index contributed by atoms with van der Waals surface area (Å²) in [5, 5.41) is 0. The van der Waals surface area contributed by atoms with Crippen LogP contribution in [0.3, 0.4) is 0 Å². The average molecular weight is 276 g/mol. The highest BCUT2D eigenvalue weighted by Crippen LogP contribution is 2.14.